The van der Waals surface area contributed by atoms with Gasteiger partial charge in [0.05, 0.1) is 6.10 Å². The van der Waals surface area contributed by atoms with Crippen molar-refractivity contribution in [2.75, 3.05) is 13.7 Å². The quantitative estimate of drug-likeness (QED) is 0.911. The third-order valence-electron chi connectivity index (χ3n) is 3.48. The number of hydrogen-bond donors (Lipinski definition) is 1. The van der Waals surface area contributed by atoms with Crippen molar-refractivity contribution < 1.29 is 37.3 Å². The smallest absolute Gasteiger partial charge is 0.480 e. The Balaban J connectivity index is 2.14. The monoisotopic (exact) mass is 333 g/mol. The minimum Gasteiger partial charge on any atom is -0.480 e. The Hall–Kier alpha value is -2.29. The van der Waals surface area contributed by atoms with Crippen LogP contribution < -0.4 is 4.74 Å². The molecule has 2 unspecified atom stereocenters. The Morgan fingerprint density at radius 3 is 2.35 bits per heavy atom. The largest absolute Gasteiger partial charge is 0.573 e. The fourth-order valence-corrected chi connectivity index (χ4v) is 2.39. The lowest BCUT2D eigenvalue weighted by Gasteiger charge is -2.21. The Morgan fingerprint density at radius 2 is 1.87 bits per heavy atom. The molecule has 1 fully saturated rings. The standard InChI is InChI=1S/C14H14F3NO5/c1-22-10-6-11(13(20)21)18(7-10)12(19)8-2-4-9(5-3-8)23-14(15,16)17/h2-5,10-11H,6-7H2,1H3,(H,20,21). The highest BCUT2D eigenvalue weighted by Gasteiger charge is 2.40. The maximum atomic E-state index is 12.4. The molecule has 6 nitrogen and oxygen atoms in total. The minimum atomic E-state index is -4.82. The molecule has 1 saturated heterocycles. The summed E-state index contributed by atoms with van der Waals surface area (Å²) in [6, 6.07) is 3.28. The Labute approximate surface area is 129 Å². The van der Waals surface area contributed by atoms with E-state index in [9.17, 15) is 27.9 Å². The van der Waals surface area contributed by atoms with Crippen molar-refractivity contribution in [3.05, 3.63) is 29.8 Å². The molecule has 0 spiro atoms. The number of nitrogens with zero attached hydrogens (tertiary/aromatic N) is 1. The predicted octanol–water partition coefficient (Wildman–Crippen LogP) is 1.90. The van der Waals surface area contributed by atoms with E-state index in [0.29, 0.717) is 0 Å². The Kier molecular flexibility index (Phi) is 4.79. The summed E-state index contributed by atoms with van der Waals surface area (Å²) in [7, 11) is 1.42. The van der Waals surface area contributed by atoms with E-state index < -0.39 is 36.1 Å². The lowest BCUT2D eigenvalue weighted by Crippen LogP contribution is -2.40. The molecule has 2 rings (SSSR count). The first kappa shape index (κ1) is 17.1. The maximum absolute atomic E-state index is 12.4. The molecule has 1 amide bonds. The number of halogens is 3. The predicted molar refractivity (Wildman–Crippen MR) is 71.0 cm³/mol. The highest BCUT2D eigenvalue weighted by atomic mass is 19.4. The summed E-state index contributed by atoms with van der Waals surface area (Å²) in [5.74, 6) is -2.20. The molecule has 1 aliphatic rings. The van der Waals surface area contributed by atoms with Gasteiger partial charge in [0.25, 0.3) is 5.91 Å². The van der Waals surface area contributed by atoms with Gasteiger partial charge in [0.2, 0.25) is 0 Å². The number of alkyl halides is 3. The van der Waals surface area contributed by atoms with Crippen molar-refractivity contribution in [1.82, 2.24) is 4.90 Å². The van der Waals surface area contributed by atoms with Crippen molar-refractivity contribution in [3.63, 3.8) is 0 Å². The van der Waals surface area contributed by atoms with E-state index in [1.165, 1.54) is 7.11 Å². The third kappa shape index (κ3) is 4.13. The van der Waals surface area contributed by atoms with Crippen LogP contribution in [0, 0.1) is 0 Å². The molecule has 0 saturated carbocycles. The van der Waals surface area contributed by atoms with Crippen LogP contribution in [0.3, 0.4) is 0 Å². The fourth-order valence-electron chi connectivity index (χ4n) is 2.39. The second-order valence-electron chi connectivity index (χ2n) is 4.98. The average molecular weight is 333 g/mol. The van der Waals surface area contributed by atoms with Gasteiger partial charge in [0.1, 0.15) is 11.8 Å². The van der Waals surface area contributed by atoms with E-state index in [2.05, 4.69) is 4.74 Å². The van der Waals surface area contributed by atoms with Crippen molar-refractivity contribution in [3.8, 4) is 5.75 Å². The lowest BCUT2D eigenvalue weighted by molar-refractivity contribution is -0.274. The number of aliphatic carboxylic acids is 1. The molecule has 1 N–H and O–H groups in total. The van der Waals surface area contributed by atoms with E-state index in [-0.39, 0.29) is 18.5 Å². The van der Waals surface area contributed by atoms with Gasteiger partial charge < -0.3 is 19.5 Å². The fraction of sp³-hybridized carbons (Fsp3) is 0.429. The molecule has 1 aliphatic heterocycles. The van der Waals surface area contributed by atoms with Gasteiger partial charge in [0.15, 0.2) is 0 Å². The summed E-state index contributed by atoms with van der Waals surface area (Å²) < 4.78 is 45.1. The number of carboxylic acid groups (broad SMARTS) is 1. The number of ether oxygens (including phenoxy) is 2. The summed E-state index contributed by atoms with van der Waals surface area (Å²) in [4.78, 5) is 24.7. The number of hydrogen-bond acceptors (Lipinski definition) is 4. The summed E-state index contributed by atoms with van der Waals surface area (Å²) in [6.07, 6.45) is -5.05. The number of carboxylic acids is 1. The van der Waals surface area contributed by atoms with Crippen molar-refractivity contribution in [1.29, 1.82) is 0 Å². The normalized spacial score (nSPS) is 21.3. The molecule has 0 aromatic heterocycles. The van der Waals surface area contributed by atoms with Crippen molar-refractivity contribution >= 4 is 11.9 Å². The number of amides is 1. The van der Waals surface area contributed by atoms with Gasteiger partial charge in [-0.1, -0.05) is 0 Å². The molecule has 0 radical (unpaired) electrons. The summed E-state index contributed by atoms with van der Waals surface area (Å²) in [5.41, 5.74) is 0.0718. The molecule has 1 aromatic rings. The molecular weight excluding hydrogens is 319 g/mol. The highest BCUT2D eigenvalue weighted by Crippen LogP contribution is 2.25. The van der Waals surface area contributed by atoms with Crippen LogP contribution >= 0.6 is 0 Å². The van der Waals surface area contributed by atoms with Crippen LogP contribution in [0.15, 0.2) is 24.3 Å². The molecule has 0 aliphatic carbocycles. The molecule has 2 atom stereocenters. The number of carbonyl (C=O) groups excluding carboxylic acids is 1. The maximum Gasteiger partial charge on any atom is 0.573 e. The second-order valence-corrected chi connectivity index (χ2v) is 4.98. The number of rotatable bonds is 4. The van der Waals surface area contributed by atoms with Crippen LogP contribution in [0.2, 0.25) is 0 Å². The molecule has 23 heavy (non-hydrogen) atoms. The first-order chi connectivity index (χ1) is 10.7. The van der Waals surface area contributed by atoms with Gasteiger partial charge in [-0.15, -0.1) is 13.2 Å². The molecule has 126 valence electrons. The van der Waals surface area contributed by atoms with Crippen LogP contribution in [0.5, 0.6) is 5.75 Å². The van der Waals surface area contributed by atoms with Gasteiger partial charge >= 0.3 is 12.3 Å². The third-order valence-corrected chi connectivity index (χ3v) is 3.48. The van der Waals surface area contributed by atoms with Crippen LogP contribution in [-0.4, -0.2) is 54.0 Å². The van der Waals surface area contributed by atoms with E-state index >= 15 is 0 Å². The SMILES string of the molecule is COC1CC(C(=O)O)N(C(=O)c2ccc(OC(F)(F)F)cc2)C1. The van der Waals surface area contributed by atoms with E-state index in [1.54, 1.807) is 0 Å². The average Bonchev–Trinajstić information content (AvgIpc) is 2.90. The van der Waals surface area contributed by atoms with Gasteiger partial charge in [-0.3, -0.25) is 4.79 Å². The number of likely N-dealkylation sites (tertiary alicyclic amines) is 1. The number of methoxy groups -OCH3 is 1. The first-order valence-corrected chi connectivity index (χ1v) is 6.63. The van der Waals surface area contributed by atoms with E-state index in [1.807, 2.05) is 0 Å². The molecule has 1 heterocycles. The number of benzene rings is 1. The van der Waals surface area contributed by atoms with Crippen molar-refractivity contribution in [2.24, 2.45) is 0 Å². The second kappa shape index (κ2) is 6.45. The van der Waals surface area contributed by atoms with E-state index in [4.69, 9.17) is 4.74 Å². The van der Waals surface area contributed by atoms with Gasteiger partial charge in [0, 0.05) is 25.6 Å². The Bertz CT molecular complexity index is 587. The first-order valence-electron chi connectivity index (χ1n) is 6.63. The molecule has 0 bridgehead atoms. The lowest BCUT2D eigenvalue weighted by atomic mass is 10.1. The molecule has 1 aromatic carbocycles. The number of carbonyl (C=O) groups is 2. The van der Waals surface area contributed by atoms with Crippen LogP contribution in [0.25, 0.3) is 0 Å². The van der Waals surface area contributed by atoms with Crippen LogP contribution in [0.4, 0.5) is 13.2 Å². The zero-order valence-electron chi connectivity index (χ0n) is 12.0. The van der Waals surface area contributed by atoms with Gasteiger partial charge in [-0.25, -0.2) is 4.79 Å². The summed E-state index contributed by atoms with van der Waals surface area (Å²) in [6.45, 7) is 0.104. The van der Waals surface area contributed by atoms with E-state index in [0.717, 1.165) is 29.2 Å². The zero-order valence-corrected chi connectivity index (χ0v) is 12.0. The van der Waals surface area contributed by atoms with Gasteiger partial charge in [-0.2, -0.15) is 0 Å². The van der Waals surface area contributed by atoms with Crippen LogP contribution in [0.1, 0.15) is 16.8 Å². The van der Waals surface area contributed by atoms with Crippen molar-refractivity contribution in [2.45, 2.75) is 24.9 Å². The Morgan fingerprint density at radius 1 is 1.26 bits per heavy atom. The topological polar surface area (TPSA) is 76.1 Å². The van der Waals surface area contributed by atoms with Crippen LogP contribution in [-0.2, 0) is 9.53 Å². The molecular formula is C14H14F3NO5. The minimum absolute atomic E-state index is 0.0718. The highest BCUT2D eigenvalue weighted by molar-refractivity contribution is 5.97. The summed E-state index contributed by atoms with van der Waals surface area (Å²) >= 11 is 0. The summed E-state index contributed by atoms with van der Waals surface area (Å²) in [5, 5.41) is 9.17. The molecule has 9 heteroatoms. The zero-order chi connectivity index (χ0) is 17.2. The van der Waals surface area contributed by atoms with Gasteiger partial charge in [-0.05, 0) is 24.3 Å².